The van der Waals surface area contributed by atoms with Gasteiger partial charge in [-0.25, -0.2) is 4.98 Å². The number of rotatable bonds is 6. The SMILES string of the molecule is Br.COc1ccc(Nc2ncc(-c3ccccc3OC)s2)c(OC)c1. The molecule has 0 aliphatic heterocycles. The standard InChI is InChI=1S/C18H18N2O3S.BrH/c1-21-12-8-9-14(16(10-12)23-3)20-18-19-11-17(24-18)13-6-4-5-7-15(13)22-2;/h4-11H,1-3H3,(H,19,20);1H. The lowest BCUT2D eigenvalue weighted by atomic mass is 10.2. The number of methoxy groups -OCH3 is 3. The highest BCUT2D eigenvalue weighted by molar-refractivity contribution is 8.93. The van der Waals surface area contributed by atoms with E-state index in [1.165, 1.54) is 0 Å². The average molecular weight is 423 g/mol. The molecule has 5 nitrogen and oxygen atoms in total. The van der Waals surface area contributed by atoms with Crippen molar-refractivity contribution in [3.63, 3.8) is 0 Å². The fourth-order valence-corrected chi connectivity index (χ4v) is 3.18. The first-order valence-corrected chi connectivity index (χ1v) is 8.15. The molecule has 132 valence electrons. The second-order valence-electron chi connectivity index (χ2n) is 4.92. The number of ether oxygens (including phenoxy) is 3. The third-order valence-corrected chi connectivity index (χ3v) is 4.47. The maximum atomic E-state index is 5.41. The number of aromatic nitrogens is 1. The van der Waals surface area contributed by atoms with Crippen molar-refractivity contribution >= 4 is 39.1 Å². The van der Waals surface area contributed by atoms with Crippen molar-refractivity contribution < 1.29 is 14.2 Å². The van der Waals surface area contributed by atoms with E-state index in [1.807, 2.05) is 48.7 Å². The molecule has 0 amide bonds. The van der Waals surface area contributed by atoms with Gasteiger partial charge in [0.15, 0.2) is 5.13 Å². The summed E-state index contributed by atoms with van der Waals surface area (Å²) < 4.78 is 16.0. The van der Waals surface area contributed by atoms with Crippen molar-refractivity contribution in [2.75, 3.05) is 26.6 Å². The predicted molar refractivity (Wildman–Crippen MR) is 107 cm³/mol. The first-order chi connectivity index (χ1) is 11.7. The molecule has 3 aromatic rings. The molecule has 2 aromatic carbocycles. The molecule has 0 aliphatic carbocycles. The second kappa shape index (κ2) is 8.73. The molecule has 0 saturated heterocycles. The minimum absolute atomic E-state index is 0. The molecule has 1 N–H and O–H groups in total. The molecule has 1 heterocycles. The molecule has 0 unspecified atom stereocenters. The first kappa shape index (κ1) is 19.1. The molecular formula is C18H19BrN2O3S. The molecule has 0 radical (unpaired) electrons. The first-order valence-electron chi connectivity index (χ1n) is 7.33. The Balaban J connectivity index is 0.00000225. The zero-order chi connectivity index (χ0) is 16.9. The van der Waals surface area contributed by atoms with Crippen LogP contribution in [0.5, 0.6) is 17.2 Å². The van der Waals surface area contributed by atoms with E-state index in [-0.39, 0.29) is 17.0 Å². The van der Waals surface area contributed by atoms with Gasteiger partial charge in [-0.1, -0.05) is 23.5 Å². The summed E-state index contributed by atoms with van der Waals surface area (Å²) in [6, 6.07) is 13.5. The Morgan fingerprint density at radius 1 is 0.920 bits per heavy atom. The molecule has 0 aliphatic rings. The maximum absolute atomic E-state index is 5.41. The molecular weight excluding hydrogens is 404 g/mol. The molecule has 0 saturated carbocycles. The number of thiazole rings is 1. The van der Waals surface area contributed by atoms with Gasteiger partial charge < -0.3 is 19.5 Å². The Hall–Kier alpha value is -2.25. The summed E-state index contributed by atoms with van der Waals surface area (Å²) in [5.41, 5.74) is 1.85. The van der Waals surface area contributed by atoms with Crippen molar-refractivity contribution in [2.45, 2.75) is 0 Å². The maximum Gasteiger partial charge on any atom is 0.187 e. The Bertz CT molecular complexity index is 839. The average Bonchev–Trinajstić information content (AvgIpc) is 3.10. The van der Waals surface area contributed by atoms with Crippen LogP contribution >= 0.6 is 28.3 Å². The third kappa shape index (κ3) is 4.24. The Kier molecular flexibility index (Phi) is 6.66. The van der Waals surface area contributed by atoms with Gasteiger partial charge in [0.1, 0.15) is 17.2 Å². The molecule has 0 fully saturated rings. The lowest BCUT2D eigenvalue weighted by Gasteiger charge is -2.10. The van der Waals surface area contributed by atoms with E-state index in [9.17, 15) is 0 Å². The van der Waals surface area contributed by atoms with Gasteiger partial charge in [-0.05, 0) is 24.3 Å². The second-order valence-corrected chi connectivity index (χ2v) is 5.95. The number of anilines is 2. The largest absolute Gasteiger partial charge is 0.497 e. The summed E-state index contributed by atoms with van der Waals surface area (Å²) in [6.07, 6.45) is 1.83. The highest BCUT2D eigenvalue weighted by Crippen LogP contribution is 2.38. The van der Waals surface area contributed by atoms with Crippen LogP contribution in [0.25, 0.3) is 10.4 Å². The van der Waals surface area contributed by atoms with Crippen LogP contribution in [0.2, 0.25) is 0 Å². The minimum atomic E-state index is 0. The zero-order valence-electron chi connectivity index (χ0n) is 14.1. The molecule has 1 aromatic heterocycles. The fraction of sp³-hybridized carbons (Fsp3) is 0.167. The van der Waals surface area contributed by atoms with E-state index < -0.39 is 0 Å². The molecule has 7 heteroatoms. The van der Waals surface area contributed by atoms with Gasteiger partial charge in [-0.15, -0.1) is 17.0 Å². The van der Waals surface area contributed by atoms with Crippen molar-refractivity contribution in [1.29, 1.82) is 0 Å². The lowest BCUT2D eigenvalue weighted by molar-refractivity contribution is 0.395. The van der Waals surface area contributed by atoms with Crippen LogP contribution in [0.3, 0.4) is 0 Å². The van der Waals surface area contributed by atoms with Crippen LogP contribution in [0.1, 0.15) is 0 Å². The summed E-state index contributed by atoms with van der Waals surface area (Å²) in [5.74, 6) is 2.27. The van der Waals surface area contributed by atoms with Gasteiger partial charge in [-0.3, -0.25) is 0 Å². The monoisotopic (exact) mass is 422 g/mol. The number of hydrogen-bond donors (Lipinski definition) is 1. The smallest absolute Gasteiger partial charge is 0.187 e. The highest BCUT2D eigenvalue weighted by Gasteiger charge is 2.11. The topological polar surface area (TPSA) is 52.6 Å². The van der Waals surface area contributed by atoms with Gasteiger partial charge in [0.25, 0.3) is 0 Å². The van der Waals surface area contributed by atoms with Crippen molar-refractivity contribution in [2.24, 2.45) is 0 Å². The summed E-state index contributed by atoms with van der Waals surface area (Å²) in [6.45, 7) is 0. The summed E-state index contributed by atoms with van der Waals surface area (Å²) >= 11 is 1.55. The van der Waals surface area contributed by atoms with Crippen LogP contribution in [-0.2, 0) is 0 Å². The summed E-state index contributed by atoms with van der Waals surface area (Å²) in [7, 11) is 4.92. The van der Waals surface area contributed by atoms with E-state index in [1.54, 1.807) is 32.7 Å². The van der Waals surface area contributed by atoms with Crippen LogP contribution in [0.4, 0.5) is 10.8 Å². The van der Waals surface area contributed by atoms with Gasteiger partial charge in [-0.2, -0.15) is 0 Å². The van der Waals surface area contributed by atoms with Crippen LogP contribution in [0.15, 0.2) is 48.7 Å². The summed E-state index contributed by atoms with van der Waals surface area (Å²) in [4.78, 5) is 5.48. The quantitative estimate of drug-likeness (QED) is 0.594. The fourth-order valence-electron chi connectivity index (χ4n) is 2.32. The van der Waals surface area contributed by atoms with Gasteiger partial charge >= 0.3 is 0 Å². The van der Waals surface area contributed by atoms with E-state index in [4.69, 9.17) is 14.2 Å². The van der Waals surface area contributed by atoms with Crippen molar-refractivity contribution in [3.05, 3.63) is 48.7 Å². The zero-order valence-corrected chi connectivity index (χ0v) is 16.6. The van der Waals surface area contributed by atoms with Gasteiger partial charge in [0.05, 0.1) is 31.9 Å². The van der Waals surface area contributed by atoms with Gasteiger partial charge in [0.2, 0.25) is 0 Å². The van der Waals surface area contributed by atoms with E-state index >= 15 is 0 Å². The van der Waals surface area contributed by atoms with Crippen molar-refractivity contribution in [3.8, 4) is 27.7 Å². The molecule has 25 heavy (non-hydrogen) atoms. The van der Waals surface area contributed by atoms with E-state index in [0.717, 1.165) is 32.8 Å². The Morgan fingerprint density at radius 3 is 2.40 bits per heavy atom. The number of halogens is 1. The van der Waals surface area contributed by atoms with Crippen LogP contribution in [0, 0.1) is 0 Å². The van der Waals surface area contributed by atoms with Crippen molar-refractivity contribution in [1.82, 2.24) is 4.98 Å². The highest BCUT2D eigenvalue weighted by atomic mass is 79.9. The molecule has 3 rings (SSSR count). The molecule has 0 bridgehead atoms. The Morgan fingerprint density at radius 2 is 1.68 bits per heavy atom. The molecule has 0 spiro atoms. The number of benzene rings is 2. The molecule has 0 atom stereocenters. The predicted octanol–water partition coefficient (Wildman–Crippen LogP) is 5.16. The Labute approximate surface area is 161 Å². The summed E-state index contributed by atoms with van der Waals surface area (Å²) in [5, 5.41) is 4.07. The minimum Gasteiger partial charge on any atom is -0.497 e. The number of nitrogens with zero attached hydrogens (tertiary/aromatic N) is 1. The normalized spacial score (nSPS) is 9.88. The van der Waals surface area contributed by atoms with E-state index in [0.29, 0.717) is 5.75 Å². The number of hydrogen-bond acceptors (Lipinski definition) is 6. The van der Waals surface area contributed by atoms with Gasteiger partial charge in [0, 0.05) is 17.8 Å². The third-order valence-electron chi connectivity index (χ3n) is 3.53. The number of para-hydroxylation sites is 1. The van der Waals surface area contributed by atoms with Crippen LogP contribution in [-0.4, -0.2) is 26.3 Å². The van der Waals surface area contributed by atoms with Crippen LogP contribution < -0.4 is 19.5 Å². The lowest BCUT2D eigenvalue weighted by Crippen LogP contribution is -1.94. The van der Waals surface area contributed by atoms with E-state index in [2.05, 4.69) is 10.3 Å². The number of nitrogens with one attached hydrogen (secondary N) is 1.